The molecule has 1 heterocycles. The summed E-state index contributed by atoms with van der Waals surface area (Å²) in [5.74, 6) is 0.0258. The highest BCUT2D eigenvalue weighted by Gasteiger charge is 2.15. The summed E-state index contributed by atoms with van der Waals surface area (Å²) in [6.07, 6.45) is 6.03. The predicted molar refractivity (Wildman–Crippen MR) is 96.6 cm³/mol. The van der Waals surface area contributed by atoms with Gasteiger partial charge in [0.15, 0.2) is 5.69 Å². The topological polar surface area (TPSA) is 72.8 Å². The normalized spacial score (nSPS) is 16.3. The van der Waals surface area contributed by atoms with Gasteiger partial charge in [0.2, 0.25) is 11.0 Å². The van der Waals surface area contributed by atoms with Gasteiger partial charge in [0, 0.05) is 11.4 Å². The average molecular weight is 330 g/mol. The number of aromatic hydroxyl groups is 1. The number of hydrogen-bond acceptors (Lipinski definition) is 3. The van der Waals surface area contributed by atoms with Gasteiger partial charge in [-0.15, -0.1) is 10.2 Å². The zero-order valence-corrected chi connectivity index (χ0v) is 14.3. The van der Waals surface area contributed by atoms with Crippen molar-refractivity contribution in [3.05, 3.63) is 23.3 Å². The number of fused-ring (bicyclic) bond motifs is 1. The monoisotopic (exact) mass is 330 g/mol. The molecule has 3 rings (SSSR count). The first-order valence-corrected chi connectivity index (χ1v) is 8.50. The molecule has 0 spiro atoms. The molecule has 6 heteroatoms. The fraction of sp³-hybridized carbons (Fsp3) is 0.471. The molecule has 1 aliphatic carbocycles. The summed E-state index contributed by atoms with van der Waals surface area (Å²) >= 11 is 5.26. The van der Waals surface area contributed by atoms with E-state index in [2.05, 4.69) is 20.5 Å². The fourth-order valence-corrected chi connectivity index (χ4v) is 3.33. The van der Waals surface area contributed by atoms with Crippen LogP contribution in [-0.2, 0) is 0 Å². The number of rotatable bonds is 2. The molecule has 0 aliphatic heterocycles. The third-order valence-corrected chi connectivity index (χ3v) is 4.83. The van der Waals surface area contributed by atoms with Crippen LogP contribution in [0.1, 0.15) is 43.2 Å². The van der Waals surface area contributed by atoms with Crippen molar-refractivity contribution in [1.82, 2.24) is 10.3 Å². The van der Waals surface area contributed by atoms with Crippen molar-refractivity contribution < 1.29 is 5.11 Å². The molecule has 5 nitrogen and oxygen atoms in total. The summed E-state index contributed by atoms with van der Waals surface area (Å²) in [6.45, 7) is 4.06. The quantitative estimate of drug-likeness (QED) is 0.548. The summed E-state index contributed by atoms with van der Waals surface area (Å²) < 4.78 is 0. The molecule has 1 saturated carbocycles. The standard InChI is InChI=1S/C17H22N4OS/c1-10-8-9-13-14(11(10)2)19-16(22)15(13)20-21-17(23)18-12-6-4-3-5-7-12/h8-9,12,19,22H,3-7H2,1-2H3,(H,18,23). The van der Waals surface area contributed by atoms with Crippen molar-refractivity contribution in [2.45, 2.75) is 52.0 Å². The Labute approximate surface area is 141 Å². The van der Waals surface area contributed by atoms with Crippen LogP contribution < -0.4 is 5.32 Å². The number of nitrogens with one attached hydrogen (secondary N) is 2. The lowest BCUT2D eigenvalue weighted by Gasteiger charge is -2.22. The number of nitrogens with zero attached hydrogens (tertiary/aromatic N) is 2. The Balaban J connectivity index is 1.79. The highest BCUT2D eigenvalue weighted by molar-refractivity contribution is 7.80. The lowest BCUT2D eigenvalue weighted by atomic mass is 9.96. The van der Waals surface area contributed by atoms with Gasteiger partial charge in [-0.05, 0) is 50.0 Å². The van der Waals surface area contributed by atoms with E-state index in [4.69, 9.17) is 12.2 Å². The van der Waals surface area contributed by atoms with Crippen molar-refractivity contribution >= 4 is 33.9 Å². The Bertz CT molecular complexity index is 760. The Hall–Kier alpha value is -1.95. The minimum absolute atomic E-state index is 0.0258. The van der Waals surface area contributed by atoms with Crippen molar-refractivity contribution in [2.24, 2.45) is 10.2 Å². The summed E-state index contributed by atoms with van der Waals surface area (Å²) in [5, 5.41) is 22.9. The van der Waals surface area contributed by atoms with Gasteiger partial charge >= 0.3 is 0 Å². The minimum Gasteiger partial charge on any atom is -0.493 e. The first-order chi connectivity index (χ1) is 11.1. The number of hydrogen-bond donors (Lipinski definition) is 3. The van der Waals surface area contributed by atoms with E-state index >= 15 is 0 Å². The van der Waals surface area contributed by atoms with E-state index in [-0.39, 0.29) is 5.88 Å². The van der Waals surface area contributed by atoms with Gasteiger partial charge in [-0.1, -0.05) is 31.4 Å². The third kappa shape index (κ3) is 3.37. The number of azo groups is 1. The maximum atomic E-state index is 10.1. The van der Waals surface area contributed by atoms with Crippen LogP contribution in [0.5, 0.6) is 5.88 Å². The van der Waals surface area contributed by atoms with Crippen molar-refractivity contribution in [1.29, 1.82) is 0 Å². The van der Waals surface area contributed by atoms with E-state index < -0.39 is 0 Å². The van der Waals surface area contributed by atoms with Crippen molar-refractivity contribution in [3.8, 4) is 5.88 Å². The molecule has 1 fully saturated rings. The van der Waals surface area contributed by atoms with E-state index in [1.165, 1.54) is 19.3 Å². The Kier molecular flexibility index (Phi) is 4.61. The predicted octanol–water partition coefficient (Wildman–Crippen LogP) is 4.78. The molecule has 0 unspecified atom stereocenters. The molecule has 122 valence electrons. The van der Waals surface area contributed by atoms with Crippen LogP contribution >= 0.6 is 12.2 Å². The second-order valence-corrected chi connectivity index (χ2v) is 6.62. The maximum absolute atomic E-state index is 10.1. The minimum atomic E-state index is 0.0258. The zero-order valence-electron chi connectivity index (χ0n) is 13.5. The van der Waals surface area contributed by atoms with Gasteiger partial charge in [-0.3, -0.25) is 0 Å². The largest absolute Gasteiger partial charge is 0.493 e. The summed E-state index contributed by atoms with van der Waals surface area (Å²) in [4.78, 5) is 2.98. The molecule has 1 aromatic carbocycles. The van der Waals surface area contributed by atoms with Gasteiger partial charge in [-0.2, -0.15) is 0 Å². The smallest absolute Gasteiger partial charge is 0.218 e. The van der Waals surface area contributed by atoms with E-state index in [1.807, 2.05) is 26.0 Å². The van der Waals surface area contributed by atoms with E-state index in [9.17, 15) is 5.11 Å². The summed E-state index contributed by atoms with van der Waals surface area (Å²) in [5.41, 5.74) is 3.59. The average Bonchev–Trinajstić information content (AvgIpc) is 2.86. The molecule has 1 aliphatic rings. The second-order valence-electron chi connectivity index (χ2n) is 6.24. The van der Waals surface area contributed by atoms with Crippen LogP contribution in [0.25, 0.3) is 10.9 Å². The summed E-state index contributed by atoms with van der Waals surface area (Å²) in [6, 6.07) is 4.36. The lowest BCUT2D eigenvalue weighted by Crippen LogP contribution is -2.33. The van der Waals surface area contributed by atoms with Gasteiger partial charge in [0.25, 0.3) is 0 Å². The SMILES string of the molecule is Cc1ccc2c(N=NC(=S)NC3CCCCC3)c(O)[nH]c2c1C. The van der Waals surface area contributed by atoms with Crippen LogP contribution in [-0.4, -0.2) is 21.2 Å². The number of aromatic nitrogens is 1. The zero-order chi connectivity index (χ0) is 16.4. The molecule has 2 aromatic rings. The molecule has 0 atom stereocenters. The van der Waals surface area contributed by atoms with Gasteiger partial charge < -0.3 is 15.4 Å². The molecular formula is C17H22N4OS. The van der Waals surface area contributed by atoms with Gasteiger partial charge in [-0.25, -0.2) is 0 Å². The molecule has 1 aromatic heterocycles. The maximum Gasteiger partial charge on any atom is 0.218 e. The number of H-pyrrole nitrogens is 1. The summed E-state index contributed by atoms with van der Waals surface area (Å²) in [7, 11) is 0. The van der Waals surface area contributed by atoms with Crippen molar-refractivity contribution in [2.75, 3.05) is 0 Å². The first-order valence-electron chi connectivity index (χ1n) is 8.09. The molecule has 3 N–H and O–H groups in total. The molecule has 0 amide bonds. The Morgan fingerprint density at radius 2 is 2.00 bits per heavy atom. The third-order valence-electron chi connectivity index (χ3n) is 4.63. The molecule has 0 saturated heterocycles. The molecule has 23 heavy (non-hydrogen) atoms. The Morgan fingerprint density at radius 1 is 1.26 bits per heavy atom. The first kappa shape index (κ1) is 15.9. The lowest BCUT2D eigenvalue weighted by molar-refractivity contribution is 0.414. The van der Waals surface area contributed by atoms with Gasteiger partial charge in [0.1, 0.15) is 0 Å². The van der Waals surface area contributed by atoms with Crippen LogP contribution in [0.2, 0.25) is 0 Å². The Morgan fingerprint density at radius 3 is 2.74 bits per heavy atom. The van der Waals surface area contributed by atoms with E-state index in [0.717, 1.165) is 34.9 Å². The van der Waals surface area contributed by atoms with Crippen molar-refractivity contribution in [3.63, 3.8) is 0 Å². The van der Waals surface area contributed by atoms with Gasteiger partial charge in [0.05, 0.1) is 5.52 Å². The number of thiocarbonyl (C=S) groups is 1. The molecular weight excluding hydrogens is 308 g/mol. The highest BCUT2D eigenvalue weighted by atomic mass is 32.1. The number of benzene rings is 1. The number of aromatic amines is 1. The fourth-order valence-electron chi connectivity index (χ4n) is 3.13. The van der Waals surface area contributed by atoms with Crippen LogP contribution in [0.3, 0.4) is 0 Å². The molecule has 0 bridgehead atoms. The molecule has 0 radical (unpaired) electrons. The van der Waals surface area contributed by atoms with Crippen LogP contribution in [0.15, 0.2) is 22.4 Å². The number of aryl methyl sites for hydroxylation is 2. The second kappa shape index (κ2) is 6.66. The van der Waals surface area contributed by atoms with E-state index in [1.54, 1.807) is 0 Å². The highest BCUT2D eigenvalue weighted by Crippen LogP contribution is 2.37. The van der Waals surface area contributed by atoms with Crippen LogP contribution in [0.4, 0.5) is 5.69 Å². The van der Waals surface area contributed by atoms with Crippen LogP contribution in [0, 0.1) is 13.8 Å². The van der Waals surface area contributed by atoms with E-state index in [0.29, 0.717) is 16.8 Å².